The fourth-order valence-corrected chi connectivity index (χ4v) is 2.39. The SMILES string of the molecule is CC(CCN)CCc1nc(-c2cccs2)n[nH]1. The molecule has 3 N–H and O–H groups in total. The standard InChI is InChI=1S/C12H18N4S/c1-9(6-7-13)4-5-11-14-12(16-15-11)10-3-2-8-17-10/h2-3,8-9H,4-7,13H2,1H3,(H,14,15,16). The number of nitrogens with two attached hydrogens (primary N) is 1. The van der Waals surface area contributed by atoms with E-state index in [0.29, 0.717) is 5.92 Å². The summed E-state index contributed by atoms with van der Waals surface area (Å²) in [5.41, 5.74) is 5.53. The molecule has 0 aliphatic rings. The Morgan fingerprint density at radius 3 is 3.06 bits per heavy atom. The van der Waals surface area contributed by atoms with E-state index in [0.717, 1.165) is 42.3 Å². The molecule has 2 heterocycles. The molecule has 2 rings (SSSR count). The Hall–Kier alpha value is -1.20. The first kappa shape index (κ1) is 12.3. The van der Waals surface area contributed by atoms with Gasteiger partial charge in [-0.15, -0.1) is 11.3 Å². The van der Waals surface area contributed by atoms with Crippen molar-refractivity contribution in [1.29, 1.82) is 0 Å². The molecule has 5 heteroatoms. The molecule has 0 radical (unpaired) electrons. The van der Waals surface area contributed by atoms with Gasteiger partial charge in [-0.2, -0.15) is 5.10 Å². The number of hydrogen-bond acceptors (Lipinski definition) is 4. The first-order chi connectivity index (χ1) is 8.29. The van der Waals surface area contributed by atoms with Crippen LogP contribution >= 0.6 is 11.3 Å². The number of nitrogens with one attached hydrogen (secondary N) is 1. The van der Waals surface area contributed by atoms with Crippen LogP contribution in [0.5, 0.6) is 0 Å². The average Bonchev–Trinajstić information content (AvgIpc) is 2.97. The molecule has 0 aliphatic heterocycles. The zero-order chi connectivity index (χ0) is 12.1. The molecule has 0 aromatic carbocycles. The fraction of sp³-hybridized carbons (Fsp3) is 0.500. The molecule has 0 aliphatic carbocycles. The van der Waals surface area contributed by atoms with Crippen LogP contribution in [0.3, 0.4) is 0 Å². The lowest BCUT2D eigenvalue weighted by Gasteiger charge is -2.07. The van der Waals surface area contributed by atoms with Crippen molar-refractivity contribution in [3.05, 3.63) is 23.3 Å². The van der Waals surface area contributed by atoms with Crippen LogP contribution in [0.1, 0.15) is 25.6 Å². The zero-order valence-electron chi connectivity index (χ0n) is 10.0. The van der Waals surface area contributed by atoms with Crippen molar-refractivity contribution in [3.63, 3.8) is 0 Å². The highest BCUT2D eigenvalue weighted by Gasteiger charge is 2.08. The first-order valence-electron chi connectivity index (χ1n) is 5.95. The smallest absolute Gasteiger partial charge is 0.191 e. The summed E-state index contributed by atoms with van der Waals surface area (Å²) in [6, 6.07) is 4.05. The number of rotatable bonds is 6. The highest BCUT2D eigenvalue weighted by Crippen LogP contribution is 2.20. The van der Waals surface area contributed by atoms with E-state index in [4.69, 9.17) is 5.73 Å². The van der Waals surface area contributed by atoms with E-state index in [2.05, 4.69) is 22.1 Å². The lowest BCUT2D eigenvalue weighted by atomic mass is 10.0. The van der Waals surface area contributed by atoms with Crippen molar-refractivity contribution in [2.24, 2.45) is 11.7 Å². The molecule has 4 nitrogen and oxygen atoms in total. The first-order valence-corrected chi connectivity index (χ1v) is 6.82. The summed E-state index contributed by atoms with van der Waals surface area (Å²) in [5, 5.41) is 9.27. The molecule has 92 valence electrons. The van der Waals surface area contributed by atoms with Crippen LogP contribution in [0.15, 0.2) is 17.5 Å². The molecule has 0 bridgehead atoms. The van der Waals surface area contributed by atoms with Crippen molar-refractivity contribution in [1.82, 2.24) is 15.2 Å². The van der Waals surface area contributed by atoms with Crippen molar-refractivity contribution in [3.8, 4) is 10.7 Å². The normalized spacial score (nSPS) is 12.8. The van der Waals surface area contributed by atoms with E-state index in [1.54, 1.807) is 11.3 Å². The Labute approximate surface area is 105 Å². The quantitative estimate of drug-likeness (QED) is 0.827. The maximum atomic E-state index is 5.53. The molecule has 0 saturated carbocycles. The van der Waals surface area contributed by atoms with E-state index in [-0.39, 0.29) is 0 Å². The molecule has 1 atom stereocenters. The van der Waals surface area contributed by atoms with Crippen LogP contribution in [-0.4, -0.2) is 21.7 Å². The molecule has 0 amide bonds. The number of thiophene rings is 1. The molecule has 0 fully saturated rings. The molecule has 17 heavy (non-hydrogen) atoms. The van der Waals surface area contributed by atoms with Gasteiger partial charge in [0.25, 0.3) is 0 Å². The summed E-state index contributed by atoms with van der Waals surface area (Å²) in [6.07, 6.45) is 3.13. The van der Waals surface area contributed by atoms with E-state index >= 15 is 0 Å². The van der Waals surface area contributed by atoms with Crippen molar-refractivity contribution < 1.29 is 0 Å². The van der Waals surface area contributed by atoms with Gasteiger partial charge in [-0.1, -0.05) is 13.0 Å². The van der Waals surface area contributed by atoms with Crippen LogP contribution in [0.2, 0.25) is 0 Å². The Bertz CT molecular complexity index is 435. The fourth-order valence-electron chi connectivity index (χ4n) is 1.74. The van der Waals surface area contributed by atoms with Crippen molar-refractivity contribution in [2.75, 3.05) is 6.54 Å². The Balaban J connectivity index is 1.91. The third kappa shape index (κ3) is 3.38. The Morgan fingerprint density at radius 2 is 2.35 bits per heavy atom. The second-order valence-electron chi connectivity index (χ2n) is 4.30. The lowest BCUT2D eigenvalue weighted by molar-refractivity contribution is 0.494. The van der Waals surface area contributed by atoms with Gasteiger partial charge in [0.05, 0.1) is 4.88 Å². The van der Waals surface area contributed by atoms with Gasteiger partial charge in [-0.3, -0.25) is 5.10 Å². The summed E-state index contributed by atoms with van der Waals surface area (Å²) >= 11 is 1.66. The second kappa shape index (κ2) is 5.93. The lowest BCUT2D eigenvalue weighted by Crippen LogP contribution is -2.06. The second-order valence-corrected chi connectivity index (χ2v) is 5.25. The number of nitrogens with zero attached hydrogens (tertiary/aromatic N) is 2. The molecule has 0 spiro atoms. The zero-order valence-corrected chi connectivity index (χ0v) is 10.8. The largest absolute Gasteiger partial charge is 0.330 e. The minimum absolute atomic E-state index is 0.648. The summed E-state index contributed by atoms with van der Waals surface area (Å²) in [7, 11) is 0. The van der Waals surface area contributed by atoms with E-state index < -0.39 is 0 Å². The maximum absolute atomic E-state index is 5.53. The molecular weight excluding hydrogens is 232 g/mol. The van der Waals surface area contributed by atoms with Crippen LogP contribution in [-0.2, 0) is 6.42 Å². The molecule has 1 unspecified atom stereocenters. The monoisotopic (exact) mass is 250 g/mol. The average molecular weight is 250 g/mol. The highest BCUT2D eigenvalue weighted by atomic mass is 32.1. The highest BCUT2D eigenvalue weighted by molar-refractivity contribution is 7.13. The number of H-pyrrole nitrogens is 1. The van der Waals surface area contributed by atoms with E-state index in [9.17, 15) is 0 Å². The van der Waals surface area contributed by atoms with Gasteiger partial charge < -0.3 is 5.73 Å². The molecule has 0 saturated heterocycles. The topological polar surface area (TPSA) is 67.6 Å². The van der Waals surface area contributed by atoms with E-state index in [1.165, 1.54) is 0 Å². The molecule has 2 aromatic heterocycles. The minimum atomic E-state index is 0.648. The summed E-state index contributed by atoms with van der Waals surface area (Å²) in [4.78, 5) is 5.61. The number of aromatic amines is 1. The minimum Gasteiger partial charge on any atom is -0.330 e. The van der Waals surface area contributed by atoms with Crippen LogP contribution in [0, 0.1) is 5.92 Å². The van der Waals surface area contributed by atoms with Gasteiger partial charge in [0.1, 0.15) is 5.82 Å². The van der Waals surface area contributed by atoms with Crippen LogP contribution < -0.4 is 5.73 Å². The van der Waals surface area contributed by atoms with E-state index in [1.807, 2.05) is 17.5 Å². The number of hydrogen-bond donors (Lipinski definition) is 2. The van der Waals surface area contributed by atoms with Gasteiger partial charge in [0, 0.05) is 6.42 Å². The molecular formula is C12H18N4S. The third-order valence-corrected chi connectivity index (χ3v) is 3.67. The van der Waals surface area contributed by atoms with Gasteiger partial charge in [0.2, 0.25) is 0 Å². The number of aromatic nitrogens is 3. The van der Waals surface area contributed by atoms with Gasteiger partial charge in [0.15, 0.2) is 5.82 Å². The Kier molecular flexibility index (Phi) is 4.28. The summed E-state index contributed by atoms with van der Waals surface area (Å²) in [5.74, 6) is 2.43. The summed E-state index contributed by atoms with van der Waals surface area (Å²) < 4.78 is 0. The molecule has 2 aromatic rings. The van der Waals surface area contributed by atoms with Gasteiger partial charge in [-0.05, 0) is 36.8 Å². The summed E-state index contributed by atoms with van der Waals surface area (Å²) in [6.45, 7) is 2.99. The maximum Gasteiger partial charge on any atom is 0.191 e. The predicted molar refractivity (Wildman–Crippen MR) is 70.9 cm³/mol. The van der Waals surface area contributed by atoms with Crippen LogP contribution in [0.4, 0.5) is 0 Å². The van der Waals surface area contributed by atoms with Gasteiger partial charge >= 0.3 is 0 Å². The Morgan fingerprint density at radius 1 is 1.47 bits per heavy atom. The third-order valence-electron chi connectivity index (χ3n) is 2.81. The number of aryl methyl sites for hydroxylation is 1. The predicted octanol–water partition coefficient (Wildman–Crippen LogP) is 2.45. The van der Waals surface area contributed by atoms with Crippen molar-refractivity contribution >= 4 is 11.3 Å². The van der Waals surface area contributed by atoms with Gasteiger partial charge in [-0.25, -0.2) is 4.98 Å². The van der Waals surface area contributed by atoms with Crippen LogP contribution in [0.25, 0.3) is 10.7 Å². The van der Waals surface area contributed by atoms with Crippen molar-refractivity contribution in [2.45, 2.75) is 26.2 Å².